The first kappa shape index (κ1) is 18.5. The second kappa shape index (κ2) is 7.27. The summed E-state index contributed by atoms with van der Waals surface area (Å²) in [5.74, 6) is -0.547. The maximum Gasteiger partial charge on any atom is 0.273 e. The Kier molecular flexibility index (Phi) is 4.63. The third-order valence-electron chi connectivity index (χ3n) is 4.61. The van der Waals surface area contributed by atoms with Crippen LogP contribution in [0.4, 0.5) is 5.69 Å². The summed E-state index contributed by atoms with van der Waals surface area (Å²) in [6, 6.07) is 3.35. The van der Waals surface area contributed by atoms with Crippen molar-refractivity contribution < 1.29 is 9.59 Å². The van der Waals surface area contributed by atoms with Crippen LogP contribution < -0.4 is 5.32 Å². The van der Waals surface area contributed by atoms with Gasteiger partial charge in [-0.15, -0.1) is 0 Å². The van der Waals surface area contributed by atoms with Crippen LogP contribution in [0.5, 0.6) is 0 Å². The maximum atomic E-state index is 13.2. The molecule has 0 radical (unpaired) electrons. The zero-order chi connectivity index (χ0) is 20.5. The number of fused-ring (bicyclic) bond motifs is 1. The van der Waals surface area contributed by atoms with Crippen LogP contribution in [-0.4, -0.2) is 41.0 Å². The Balaban J connectivity index is 1.67. The number of hydrogen-bond donors (Lipinski definition) is 1. The van der Waals surface area contributed by atoms with Gasteiger partial charge in [0.05, 0.1) is 17.4 Å². The molecule has 9 heteroatoms. The number of ketones is 1. The van der Waals surface area contributed by atoms with E-state index < -0.39 is 0 Å². The number of nitrogens with one attached hydrogen (secondary N) is 1. The van der Waals surface area contributed by atoms with Crippen molar-refractivity contribution in [2.24, 2.45) is 7.05 Å². The molecule has 0 atom stereocenters. The first-order chi connectivity index (χ1) is 14.0. The quantitative estimate of drug-likeness (QED) is 0.526. The van der Waals surface area contributed by atoms with Crippen molar-refractivity contribution in [2.75, 3.05) is 5.32 Å². The van der Waals surface area contributed by atoms with Crippen LogP contribution in [0.25, 0.3) is 11.0 Å². The molecule has 0 saturated carbocycles. The second-order valence-corrected chi connectivity index (χ2v) is 6.89. The van der Waals surface area contributed by atoms with Gasteiger partial charge in [0.15, 0.2) is 5.78 Å². The van der Waals surface area contributed by atoms with Gasteiger partial charge >= 0.3 is 0 Å². The molecule has 4 aromatic rings. The van der Waals surface area contributed by atoms with Crippen LogP contribution >= 0.6 is 0 Å². The molecule has 0 unspecified atom stereocenters. The van der Waals surface area contributed by atoms with Crippen molar-refractivity contribution >= 4 is 28.4 Å². The highest BCUT2D eigenvalue weighted by molar-refractivity contribution is 6.16. The van der Waals surface area contributed by atoms with Crippen molar-refractivity contribution in [1.29, 1.82) is 0 Å². The van der Waals surface area contributed by atoms with Crippen molar-refractivity contribution in [1.82, 2.24) is 29.3 Å². The Labute approximate surface area is 166 Å². The lowest BCUT2D eigenvalue weighted by Crippen LogP contribution is -2.16. The lowest BCUT2D eigenvalue weighted by atomic mass is 10.1. The number of aromatic nitrogens is 6. The summed E-state index contributed by atoms with van der Waals surface area (Å²) in [6.45, 7) is 4.04. The van der Waals surface area contributed by atoms with E-state index in [1.807, 2.05) is 18.4 Å². The Morgan fingerprint density at radius 3 is 2.69 bits per heavy atom. The third kappa shape index (κ3) is 3.38. The molecule has 0 aliphatic heterocycles. The van der Waals surface area contributed by atoms with Gasteiger partial charge in [-0.2, -0.15) is 5.10 Å². The molecule has 4 rings (SSSR count). The van der Waals surface area contributed by atoms with Crippen LogP contribution in [0.15, 0.2) is 49.4 Å². The summed E-state index contributed by atoms with van der Waals surface area (Å²) in [4.78, 5) is 38.1. The van der Waals surface area contributed by atoms with Crippen LogP contribution in [0.2, 0.25) is 0 Å². The highest BCUT2D eigenvalue weighted by atomic mass is 16.2. The molecule has 0 saturated heterocycles. The first-order valence-electron chi connectivity index (χ1n) is 9.05. The number of rotatable bonds is 5. The van der Waals surface area contributed by atoms with Crippen molar-refractivity contribution in [3.8, 4) is 0 Å². The molecular weight excluding hydrogens is 370 g/mol. The fraction of sp³-hybridized carbons (Fsp3) is 0.200. The summed E-state index contributed by atoms with van der Waals surface area (Å²) in [6.07, 6.45) is 9.39. The highest BCUT2D eigenvalue weighted by Gasteiger charge is 2.20. The van der Waals surface area contributed by atoms with Gasteiger partial charge < -0.3 is 9.88 Å². The molecule has 4 heterocycles. The number of aryl methyl sites for hydroxylation is 1. The van der Waals surface area contributed by atoms with Crippen LogP contribution in [0, 0.1) is 0 Å². The summed E-state index contributed by atoms with van der Waals surface area (Å²) >= 11 is 0. The average molecular weight is 389 g/mol. The molecule has 0 fully saturated rings. The Morgan fingerprint density at radius 2 is 1.97 bits per heavy atom. The minimum absolute atomic E-state index is 0.136. The monoisotopic (exact) mass is 389 g/mol. The van der Waals surface area contributed by atoms with Gasteiger partial charge in [0, 0.05) is 48.8 Å². The predicted molar refractivity (Wildman–Crippen MR) is 107 cm³/mol. The topological polar surface area (TPSA) is 108 Å². The molecule has 146 valence electrons. The Morgan fingerprint density at radius 1 is 1.14 bits per heavy atom. The lowest BCUT2D eigenvalue weighted by Gasteiger charge is -2.07. The standard InChI is InChI=1S/C20H19N7O2/c1-12(2)27-10-16(15-9-22-11-23-19(15)27)18(28)13-6-14(8-21-7-13)25-20(29)17-4-5-24-26(17)3/h4-12H,1-3H3,(H,25,29). The lowest BCUT2D eigenvalue weighted by molar-refractivity contribution is 0.101. The highest BCUT2D eigenvalue weighted by Crippen LogP contribution is 2.25. The summed E-state index contributed by atoms with van der Waals surface area (Å²) in [7, 11) is 1.68. The number of anilines is 1. The van der Waals surface area contributed by atoms with Crippen LogP contribution in [0.3, 0.4) is 0 Å². The normalized spacial score (nSPS) is 11.2. The third-order valence-corrected chi connectivity index (χ3v) is 4.61. The minimum atomic E-state index is -0.332. The maximum absolute atomic E-state index is 13.2. The van der Waals surface area contributed by atoms with Gasteiger partial charge in [-0.05, 0) is 26.0 Å². The zero-order valence-corrected chi connectivity index (χ0v) is 16.2. The predicted octanol–water partition coefficient (Wildman–Crippen LogP) is 2.62. The molecule has 0 aliphatic carbocycles. The van der Waals surface area contributed by atoms with Crippen molar-refractivity contribution in [3.63, 3.8) is 0 Å². The van der Waals surface area contributed by atoms with Crippen LogP contribution in [-0.2, 0) is 7.05 Å². The van der Waals surface area contributed by atoms with E-state index in [4.69, 9.17) is 0 Å². The molecule has 0 aromatic carbocycles. The number of amides is 1. The second-order valence-electron chi connectivity index (χ2n) is 6.89. The van der Waals surface area contributed by atoms with Gasteiger partial charge in [-0.1, -0.05) is 0 Å². The number of pyridine rings is 1. The summed E-state index contributed by atoms with van der Waals surface area (Å²) in [5, 5.41) is 7.41. The largest absolute Gasteiger partial charge is 0.329 e. The molecule has 0 aliphatic rings. The van der Waals surface area contributed by atoms with E-state index in [-0.39, 0.29) is 17.7 Å². The van der Waals surface area contributed by atoms with Gasteiger partial charge in [-0.3, -0.25) is 19.3 Å². The Hall–Kier alpha value is -3.88. The minimum Gasteiger partial charge on any atom is -0.329 e. The number of nitrogens with zero attached hydrogens (tertiary/aromatic N) is 6. The smallest absolute Gasteiger partial charge is 0.273 e. The van der Waals surface area contributed by atoms with E-state index in [0.717, 1.165) is 0 Å². The molecule has 9 nitrogen and oxygen atoms in total. The summed E-state index contributed by atoms with van der Waals surface area (Å²) < 4.78 is 3.41. The van der Waals surface area contributed by atoms with Gasteiger partial charge in [0.25, 0.3) is 5.91 Å². The van der Waals surface area contributed by atoms with E-state index in [0.29, 0.717) is 33.5 Å². The fourth-order valence-corrected chi connectivity index (χ4v) is 3.14. The molecule has 1 N–H and O–H groups in total. The van der Waals surface area contributed by atoms with E-state index in [9.17, 15) is 9.59 Å². The molecule has 0 bridgehead atoms. The van der Waals surface area contributed by atoms with Crippen LogP contribution in [0.1, 0.15) is 46.3 Å². The summed E-state index contributed by atoms with van der Waals surface area (Å²) in [5.41, 5.74) is 2.38. The molecular formula is C20H19N7O2. The zero-order valence-electron chi connectivity index (χ0n) is 16.2. The first-order valence-corrected chi connectivity index (χ1v) is 9.05. The van der Waals surface area contributed by atoms with Gasteiger partial charge in [0.1, 0.15) is 17.7 Å². The molecule has 4 aromatic heterocycles. The van der Waals surface area contributed by atoms with E-state index >= 15 is 0 Å². The number of carbonyl (C=O) groups excluding carboxylic acids is 2. The Bertz CT molecular complexity index is 1220. The molecule has 1 amide bonds. The molecule has 0 spiro atoms. The fourth-order valence-electron chi connectivity index (χ4n) is 3.14. The number of carbonyl (C=O) groups is 2. The van der Waals surface area contributed by atoms with Gasteiger partial charge in [0.2, 0.25) is 0 Å². The van der Waals surface area contributed by atoms with Gasteiger partial charge in [-0.25, -0.2) is 9.97 Å². The van der Waals surface area contributed by atoms with E-state index in [1.165, 1.54) is 23.4 Å². The van der Waals surface area contributed by atoms with E-state index in [1.54, 1.807) is 37.8 Å². The molecule has 29 heavy (non-hydrogen) atoms. The average Bonchev–Trinajstić information content (AvgIpc) is 3.31. The van der Waals surface area contributed by atoms with E-state index in [2.05, 4.69) is 25.4 Å². The number of hydrogen-bond acceptors (Lipinski definition) is 6. The van der Waals surface area contributed by atoms with Crippen molar-refractivity contribution in [3.05, 3.63) is 66.3 Å². The SMILES string of the molecule is CC(C)n1cc(C(=O)c2cncc(NC(=O)c3ccnn3C)c2)c2cncnc21. The van der Waals surface area contributed by atoms with Crippen molar-refractivity contribution in [2.45, 2.75) is 19.9 Å².